The maximum Gasteiger partial charge on any atom is 0.259 e. The van der Waals surface area contributed by atoms with E-state index in [0.29, 0.717) is 22.6 Å². The first-order valence-corrected chi connectivity index (χ1v) is 8.57. The number of para-hydroxylation sites is 1. The van der Waals surface area contributed by atoms with Crippen molar-refractivity contribution >= 4 is 23.4 Å². The number of amides is 1. The third-order valence-electron chi connectivity index (χ3n) is 3.66. The number of benzene rings is 2. The molecule has 3 aromatic rings. The second kappa shape index (κ2) is 6.88. The monoisotopic (exact) mass is 341 g/mol. The second-order valence-corrected chi connectivity index (χ2v) is 6.07. The lowest BCUT2D eigenvalue weighted by atomic mass is 10.2. The van der Waals surface area contributed by atoms with Gasteiger partial charge in [0.25, 0.3) is 5.91 Å². The van der Waals surface area contributed by atoms with Crippen molar-refractivity contribution in [2.24, 2.45) is 0 Å². The first-order valence-electron chi connectivity index (χ1n) is 7.35. The van der Waals surface area contributed by atoms with Crippen LogP contribution in [0.2, 0.25) is 0 Å². The highest BCUT2D eigenvalue weighted by atomic mass is 32.2. The molecule has 6 heteroatoms. The predicted octanol–water partition coefficient (Wildman–Crippen LogP) is 4.29. The van der Waals surface area contributed by atoms with Crippen molar-refractivity contribution < 1.29 is 9.18 Å². The average Bonchev–Trinajstić information content (AvgIpc) is 2.97. The van der Waals surface area contributed by atoms with Gasteiger partial charge in [-0.05, 0) is 43.5 Å². The quantitative estimate of drug-likeness (QED) is 0.720. The third kappa shape index (κ3) is 3.19. The van der Waals surface area contributed by atoms with Crippen molar-refractivity contribution in [1.82, 2.24) is 9.78 Å². The molecule has 0 atom stereocenters. The van der Waals surface area contributed by atoms with Crippen LogP contribution >= 0.6 is 11.8 Å². The Kier molecular flexibility index (Phi) is 4.66. The lowest BCUT2D eigenvalue weighted by Crippen LogP contribution is -2.13. The largest absolute Gasteiger partial charge is 0.322 e. The first-order chi connectivity index (χ1) is 11.6. The first kappa shape index (κ1) is 16.3. The molecule has 24 heavy (non-hydrogen) atoms. The van der Waals surface area contributed by atoms with Crippen molar-refractivity contribution in [3.8, 4) is 5.69 Å². The molecule has 0 aliphatic heterocycles. The second-order valence-electron chi connectivity index (χ2n) is 5.19. The van der Waals surface area contributed by atoms with E-state index >= 15 is 0 Å². The fraction of sp³-hybridized carbons (Fsp3) is 0.111. The Labute approximate surface area is 143 Å². The van der Waals surface area contributed by atoms with Crippen molar-refractivity contribution in [2.75, 3.05) is 11.6 Å². The molecule has 1 N–H and O–H groups in total. The molecule has 0 radical (unpaired) electrons. The zero-order chi connectivity index (χ0) is 17.1. The summed E-state index contributed by atoms with van der Waals surface area (Å²) in [5.74, 6) is -0.656. The summed E-state index contributed by atoms with van der Waals surface area (Å²) in [4.78, 5) is 13.6. The molecule has 0 saturated carbocycles. The van der Waals surface area contributed by atoms with Gasteiger partial charge in [-0.2, -0.15) is 5.10 Å². The summed E-state index contributed by atoms with van der Waals surface area (Å²) in [6, 6.07) is 13.9. The predicted molar refractivity (Wildman–Crippen MR) is 94.4 cm³/mol. The molecule has 1 heterocycles. The van der Waals surface area contributed by atoms with Crippen LogP contribution in [-0.4, -0.2) is 21.9 Å². The van der Waals surface area contributed by atoms with Gasteiger partial charge in [0.15, 0.2) is 0 Å². The van der Waals surface area contributed by atoms with E-state index in [0.717, 1.165) is 4.90 Å². The summed E-state index contributed by atoms with van der Waals surface area (Å²) in [5, 5.41) is 7.01. The molecular formula is C18H16FN3OS. The molecule has 1 amide bonds. The molecule has 0 aliphatic rings. The van der Waals surface area contributed by atoms with Crippen molar-refractivity contribution in [3.63, 3.8) is 0 Å². The van der Waals surface area contributed by atoms with Gasteiger partial charge in [-0.1, -0.05) is 18.2 Å². The van der Waals surface area contributed by atoms with Crippen LogP contribution < -0.4 is 5.32 Å². The van der Waals surface area contributed by atoms with Gasteiger partial charge in [0, 0.05) is 10.6 Å². The number of nitrogens with one attached hydrogen (secondary N) is 1. The molecule has 0 unspecified atom stereocenters. The van der Waals surface area contributed by atoms with Crippen molar-refractivity contribution in [1.29, 1.82) is 0 Å². The SMILES string of the molecule is CSc1cccc(NC(=O)c2cnn(-c3ccccc3F)c2C)c1. The normalized spacial score (nSPS) is 10.6. The highest BCUT2D eigenvalue weighted by Crippen LogP contribution is 2.21. The van der Waals surface area contributed by atoms with Crippen LogP contribution in [0.4, 0.5) is 10.1 Å². The number of carbonyl (C=O) groups excluding carboxylic acids is 1. The van der Waals surface area contributed by atoms with Gasteiger partial charge in [-0.25, -0.2) is 9.07 Å². The lowest BCUT2D eigenvalue weighted by Gasteiger charge is -2.08. The molecule has 2 aromatic carbocycles. The van der Waals surface area contributed by atoms with E-state index in [9.17, 15) is 9.18 Å². The van der Waals surface area contributed by atoms with Gasteiger partial charge in [0.05, 0.1) is 17.5 Å². The number of aromatic nitrogens is 2. The van der Waals surface area contributed by atoms with E-state index in [4.69, 9.17) is 0 Å². The molecule has 0 aliphatic carbocycles. The van der Waals surface area contributed by atoms with Crippen LogP contribution in [0, 0.1) is 12.7 Å². The van der Waals surface area contributed by atoms with E-state index in [1.807, 2.05) is 30.5 Å². The molecule has 1 aromatic heterocycles. The molecular weight excluding hydrogens is 325 g/mol. The smallest absolute Gasteiger partial charge is 0.259 e. The lowest BCUT2D eigenvalue weighted by molar-refractivity contribution is 0.102. The highest BCUT2D eigenvalue weighted by Gasteiger charge is 2.17. The number of carbonyl (C=O) groups is 1. The van der Waals surface area contributed by atoms with Gasteiger partial charge in [0.2, 0.25) is 0 Å². The zero-order valence-electron chi connectivity index (χ0n) is 13.3. The summed E-state index contributed by atoms with van der Waals surface area (Å²) in [7, 11) is 0. The minimum Gasteiger partial charge on any atom is -0.322 e. The third-order valence-corrected chi connectivity index (χ3v) is 4.39. The van der Waals surface area contributed by atoms with Crippen molar-refractivity contribution in [2.45, 2.75) is 11.8 Å². The Hall–Kier alpha value is -2.60. The number of nitrogens with zero attached hydrogens (tertiary/aromatic N) is 2. The Morgan fingerprint density at radius 1 is 1.21 bits per heavy atom. The number of rotatable bonds is 4. The molecule has 0 fully saturated rings. The highest BCUT2D eigenvalue weighted by molar-refractivity contribution is 7.98. The Balaban J connectivity index is 1.88. The van der Waals surface area contributed by atoms with E-state index in [2.05, 4.69) is 10.4 Å². The number of halogens is 1. The van der Waals surface area contributed by atoms with Gasteiger partial charge in [0.1, 0.15) is 11.5 Å². The van der Waals surface area contributed by atoms with Crippen LogP contribution in [0.25, 0.3) is 5.69 Å². The summed E-state index contributed by atoms with van der Waals surface area (Å²) in [5.41, 5.74) is 2.02. The fourth-order valence-electron chi connectivity index (χ4n) is 2.40. The van der Waals surface area contributed by atoms with Gasteiger partial charge in [-0.15, -0.1) is 11.8 Å². The summed E-state index contributed by atoms with van der Waals surface area (Å²) < 4.78 is 15.4. The van der Waals surface area contributed by atoms with E-state index < -0.39 is 0 Å². The van der Waals surface area contributed by atoms with Gasteiger partial charge in [-0.3, -0.25) is 4.79 Å². The zero-order valence-corrected chi connectivity index (χ0v) is 14.1. The maximum absolute atomic E-state index is 13.9. The number of hydrogen-bond acceptors (Lipinski definition) is 3. The van der Waals surface area contributed by atoms with E-state index in [1.54, 1.807) is 36.9 Å². The molecule has 0 spiro atoms. The molecule has 0 saturated heterocycles. The molecule has 122 valence electrons. The Morgan fingerprint density at radius 3 is 2.75 bits per heavy atom. The van der Waals surface area contributed by atoms with E-state index in [-0.39, 0.29) is 11.7 Å². The summed E-state index contributed by atoms with van der Waals surface area (Å²) >= 11 is 1.60. The number of hydrogen-bond donors (Lipinski definition) is 1. The average molecular weight is 341 g/mol. The van der Waals surface area contributed by atoms with Crippen LogP contribution in [0.3, 0.4) is 0 Å². The fourth-order valence-corrected chi connectivity index (χ4v) is 2.86. The summed E-state index contributed by atoms with van der Waals surface area (Å²) in [6.07, 6.45) is 3.43. The minimum atomic E-state index is -0.386. The van der Waals surface area contributed by atoms with Crippen molar-refractivity contribution in [3.05, 3.63) is 71.8 Å². The summed E-state index contributed by atoms with van der Waals surface area (Å²) in [6.45, 7) is 1.74. The topological polar surface area (TPSA) is 46.9 Å². The molecule has 4 nitrogen and oxygen atoms in total. The van der Waals surface area contributed by atoms with Crippen LogP contribution in [-0.2, 0) is 0 Å². The van der Waals surface area contributed by atoms with Crippen LogP contribution in [0.15, 0.2) is 59.6 Å². The Bertz CT molecular complexity index is 891. The van der Waals surface area contributed by atoms with Gasteiger partial charge >= 0.3 is 0 Å². The number of anilines is 1. The van der Waals surface area contributed by atoms with Gasteiger partial charge < -0.3 is 5.32 Å². The minimum absolute atomic E-state index is 0.270. The van der Waals surface area contributed by atoms with Crippen LogP contribution in [0.5, 0.6) is 0 Å². The molecule has 3 rings (SSSR count). The van der Waals surface area contributed by atoms with Crippen LogP contribution in [0.1, 0.15) is 16.1 Å². The Morgan fingerprint density at radius 2 is 2.00 bits per heavy atom. The standard InChI is InChI=1S/C18H16FN3OS/c1-12-15(11-20-22(12)17-9-4-3-8-16(17)19)18(23)21-13-6-5-7-14(10-13)24-2/h3-11H,1-2H3,(H,21,23). The number of thioether (sulfide) groups is 1. The molecule has 0 bridgehead atoms. The maximum atomic E-state index is 13.9. The van der Waals surface area contributed by atoms with E-state index in [1.165, 1.54) is 16.9 Å².